The van der Waals surface area contributed by atoms with E-state index in [4.69, 9.17) is 10.5 Å². The van der Waals surface area contributed by atoms with Crippen molar-refractivity contribution in [2.24, 2.45) is 11.1 Å². The third kappa shape index (κ3) is 3.56. The molecular formula is C11H24N2O. The van der Waals surface area contributed by atoms with E-state index >= 15 is 0 Å². The molecule has 3 heteroatoms. The maximum Gasteiger partial charge on any atom is 0.0596 e. The fourth-order valence-corrected chi connectivity index (χ4v) is 1.90. The zero-order chi connectivity index (χ0) is 10.6. The number of hydrogen-bond donors (Lipinski definition) is 1. The van der Waals surface area contributed by atoms with Crippen molar-refractivity contribution in [2.75, 3.05) is 32.8 Å². The fraction of sp³-hybridized carbons (Fsp3) is 1.00. The standard InChI is InChI=1S/C11H24N2O/c1-10(2)14-7-6-13-5-4-11(3,8-12)9-13/h10H,4-9,12H2,1-3H3. The monoisotopic (exact) mass is 200 g/mol. The van der Waals surface area contributed by atoms with E-state index in [-0.39, 0.29) is 0 Å². The van der Waals surface area contributed by atoms with Crippen molar-refractivity contribution < 1.29 is 4.74 Å². The molecule has 0 aliphatic carbocycles. The van der Waals surface area contributed by atoms with Crippen molar-refractivity contribution in [1.29, 1.82) is 0 Å². The highest BCUT2D eigenvalue weighted by Gasteiger charge is 2.31. The topological polar surface area (TPSA) is 38.5 Å². The summed E-state index contributed by atoms with van der Waals surface area (Å²) in [5, 5.41) is 0. The molecule has 1 aliphatic rings. The minimum Gasteiger partial charge on any atom is -0.377 e. The van der Waals surface area contributed by atoms with Crippen LogP contribution in [0.5, 0.6) is 0 Å². The van der Waals surface area contributed by atoms with E-state index in [1.165, 1.54) is 13.0 Å². The lowest BCUT2D eigenvalue weighted by molar-refractivity contribution is 0.0617. The quantitative estimate of drug-likeness (QED) is 0.722. The van der Waals surface area contributed by atoms with E-state index < -0.39 is 0 Å². The highest BCUT2D eigenvalue weighted by atomic mass is 16.5. The Labute approximate surface area is 87.6 Å². The maximum atomic E-state index is 5.75. The van der Waals surface area contributed by atoms with Gasteiger partial charge in [0, 0.05) is 13.1 Å². The number of hydrogen-bond acceptors (Lipinski definition) is 3. The normalized spacial score (nSPS) is 28.9. The van der Waals surface area contributed by atoms with Gasteiger partial charge in [-0.15, -0.1) is 0 Å². The van der Waals surface area contributed by atoms with Gasteiger partial charge in [-0.25, -0.2) is 0 Å². The van der Waals surface area contributed by atoms with Crippen LogP contribution in [0.3, 0.4) is 0 Å². The third-order valence-electron chi connectivity index (χ3n) is 2.99. The van der Waals surface area contributed by atoms with Gasteiger partial charge in [0.05, 0.1) is 12.7 Å². The molecule has 0 amide bonds. The summed E-state index contributed by atoms with van der Waals surface area (Å²) in [4.78, 5) is 2.45. The zero-order valence-electron chi connectivity index (χ0n) is 9.75. The van der Waals surface area contributed by atoms with Gasteiger partial charge in [-0.1, -0.05) is 6.92 Å². The van der Waals surface area contributed by atoms with E-state index in [2.05, 4.69) is 25.7 Å². The molecule has 0 aromatic carbocycles. The molecule has 1 heterocycles. The summed E-state index contributed by atoms with van der Waals surface area (Å²) in [5.74, 6) is 0. The molecule has 84 valence electrons. The molecule has 0 aromatic heterocycles. The van der Waals surface area contributed by atoms with Crippen molar-refractivity contribution in [3.05, 3.63) is 0 Å². The number of ether oxygens (including phenoxy) is 1. The Morgan fingerprint density at radius 1 is 1.50 bits per heavy atom. The molecule has 0 aromatic rings. The number of rotatable bonds is 5. The molecule has 1 atom stereocenters. The van der Waals surface area contributed by atoms with Gasteiger partial charge >= 0.3 is 0 Å². The Balaban J connectivity index is 2.16. The number of likely N-dealkylation sites (tertiary alicyclic amines) is 1. The van der Waals surface area contributed by atoms with Gasteiger partial charge < -0.3 is 15.4 Å². The molecule has 0 bridgehead atoms. The molecule has 3 nitrogen and oxygen atoms in total. The van der Waals surface area contributed by atoms with Crippen molar-refractivity contribution in [3.8, 4) is 0 Å². The van der Waals surface area contributed by atoms with Crippen LogP contribution in [0.1, 0.15) is 27.2 Å². The average Bonchev–Trinajstić information content (AvgIpc) is 2.48. The van der Waals surface area contributed by atoms with Crippen LogP contribution in [-0.2, 0) is 4.74 Å². The first kappa shape index (κ1) is 12.0. The van der Waals surface area contributed by atoms with Gasteiger partial charge in [-0.05, 0) is 38.8 Å². The van der Waals surface area contributed by atoms with Gasteiger partial charge in [0.25, 0.3) is 0 Å². The molecule has 1 fully saturated rings. The van der Waals surface area contributed by atoms with Gasteiger partial charge in [0.1, 0.15) is 0 Å². The first-order chi connectivity index (χ1) is 6.56. The van der Waals surface area contributed by atoms with Crippen LogP contribution in [0.4, 0.5) is 0 Å². The third-order valence-corrected chi connectivity index (χ3v) is 2.99. The van der Waals surface area contributed by atoms with E-state index in [9.17, 15) is 0 Å². The smallest absolute Gasteiger partial charge is 0.0596 e. The molecule has 1 unspecified atom stereocenters. The summed E-state index contributed by atoms with van der Waals surface area (Å²) < 4.78 is 5.53. The zero-order valence-corrected chi connectivity index (χ0v) is 9.75. The molecule has 14 heavy (non-hydrogen) atoms. The van der Waals surface area contributed by atoms with E-state index in [0.717, 1.165) is 26.2 Å². The van der Waals surface area contributed by atoms with Crippen LogP contribution in [0.15, 0.2) is 0 Å². The second kappa shape index (κ2) is 5.10. The Hall–Kier alpha value is -0.120. The van der Waals surface area contributed by atoms with Gasteiger partial charge in [0.2, 0.25) is 0 Å². The van der Waals surface area contributed by atoms with Crippen molar-refractivity contribution in [3.63, 3.8) is 0 Å². The van der Waals surface area contributed by atoms with E-state index in [0.29, 0.717) is 11.5 Å². The first-order valence-corrected chi connectivity index (χ1v) is 5.60. The lowest BCUT2D eigenvalue weighted by Gasteiger charge is -2.22. The maximum absolute atomic E-state index is 5.75. The predicted octanol–water partition coefficient (Wildman–Crippen LogP) is 1.08. The summed E-state index contributed by atoms with van der Waals surface area (Å²) in [6, 6.07) is 0. The van der Waals surface area contributed by atoms with Crippen LogP contribution in [-0.4, -0.2) is 43.8 Å². The van der Waals surface area contributed by atoms with Crippen LogP contribution in [0.25, 0.3) is 0 Å². The van der Waals surface area contributed by atoms with Gasteiger partial charge in [-0.2, -0.15) is 0 Å². The van der Waals surface area contributed by atoms with Crippen LogP contribution in [0, 0.1) is 5.41 Å². The molecule has 2 N–H and O–H groups in total. The molecule has 1 rings (SSSR count). The summed E-state index contributed by atoms with van der Waals surface area (Å²) >= 11 is 0. The van der Waals surface area contributed by atoms with E-state index in [1.807, 2.05) is 0 Å². The van der Waals surface area contributed by atoms with Crippen LogP contribution < -0.4 is 5.73 Å². The lowest BCUT2D eigenvalue weighted by atomic mass is 9.90. The fourth-order valence-electron chi connectivity index (χ4n) is 1.90. The molecule has 0 saturated carbocycles. The Morgan fingerprint density at radius 3 is 2.71 bits per heavy atom. The van der Waals surface area contributed by atoms with Gasteiger partial charge in [0.15, 0.2) is 0 Å². The van der Waals surface area contributed by atoms with Gasteiger partial charge in [-0.3, -0.25) is 0 Å². The van der Waals surface area contributed by atoms with E-state index in [1.54, 1.807) is 0 Å². The second-order valence-corrected chi connectivity index (χ2v) is 4.96. The largest absolute Gasteiger partial charge is 0.377 e. The van der Waals surface area contributed by atoms with Crippen molar-refractivity contribution in [2.45, 2.75) is 33.3 Å². The summed E-state index contributed by atoms with van der Waals surface area (Å²) in [5.41, 5.74) is 6.09. The summed E-state index contributed by atoms with van der Waals surface area (Å²) in [7, 11) is 0. The summed E-state index contributed by atoms with van der Waals surface area (Å²) in [6.45, 7) is 11.4. The Bertz CT molecular complexity index is 173. The Morgan fingerprint density at radius 2 is 2.21 bits per heavy atom. The van der Waals surface area contributed by atoms with Crippen LogP contribution >= 0.6 is 0 Å². The SMILES string of the molecule is CC(C)OCCN1CCC(C)(CN)C1. The molecule has 1 aliphatic heterocycles. The average molecular weight is 200 g/mol. The lowest BCUT2D eigenvalue weighted by Crippen LogP contribution is -2.33. The molecule has 0 spiro atoms. The Kier molecular flexibility index (Phi) is 4.35. The summed E-state index contributed by atoms with van der Waals surface area (Å²) in [6.07, 6.45) is 1.57. The second-order valence-electron chi connectivity index (χ2n) is 4.96. The predicted molar refractivity (Wildman–Crippen MR) is 59.3 cm³/mol. The first-order valence-electron chi connectivity index (χ1n) is 5.60. The number of nitrogens with zero attached hydrogens (tertiary/aromatic N) is 1. The molecular weight excluding hydrogens is 176 g/mol. The number of nitrogens with two attached hydrogens (primary N) is 1. The molecule has 1 saturated heterocycles. The minimum absolute atomic E-state index is 0.345. The highest BCUT2D eigenvalue weighted by molar-refractivity contribution is 4.86. The van der Waals surface area contributed by atoms with Crippen molar-refractivity contribution in [1.82, 2.24) is 4.90 Å². The van der Waals surface area contributed by atoms with Crippen LogP contribution in [0.2, 0.25) is 0 Å². The molecule has 0 radical (unpaired) electrons. The van der Waals surface area contributed by atoms with Crippen molar-refractivity contribution >= 4 is 0 Å². The minimum atomic E-state index is 0.345. The highest BCUT2D eigenvalue weighted by Crippen LogP contribution is 2.27.